The highest BCUT2D eigenvalue weighted by molar-refractivity contribution is 5.69. The van der Waals surface area contributed by atoms with Crippen molar-refractivity contribution in [2.45, 2.75) is 0 Å². The summed E-state index contributed by atoms with van der Waals surface area (Å²) < 4.78 is 4.49. The summed E-state index contributed by atoms with van der Waals surface area (Å²) in [5.41, 5.74) is 4.86. The van der Waals surface area contributed by atoms with Crippen LogP contribution in [0.25, 0.3) is 0 Å². The molecule has 1 aromatic heterocycles. The number of hydrogen-bond acceptors (Lipinski definition) is 4. The molecule has 0 fully saturated rings. The highest BCUT2D eigenvalue weighted by atomic mass is 16.5. The van der Waals surface area contributed by atoms with Gasteiger partial charge in [0.2, 0.25) is 0 Å². The molecule has 0 aliphatic carbocycles. The second-order valence-electron chi connectivity index (χ2n) is 1.26. The summed E-state index contributed by atoms with van der Waals surface area (Å²) in [7, 11) is 0. The van der Waals surface area contributed by atoms with Crippen LogP contribution in [-0.4, -0.2) is 21.2 Å². The predicted octanol–water partition coefficient (Wildman–Crippen LogP) is -0.923. The zero-order valence-corrected chi connectivity index (χ0v) is 4.46. The van der Waals surface area contributed by atoms with Crippen molar-refractivity contribution in [3.63, 3.8) is 0 Å². The van der Waals surface area contributed by atoms with Crippen LogP contribution in [-0.2, 0) is 0 Å². The van der Waals surface area contributed by atoms with Crippen LogP contribution in [0.4, 0.5) is 0 Å². The van der Waals surface area contributed by atoms with Crippen LogP contribution in [0, 0.1) is 5.41 Å². The van der Waals surface area contributed by atoms with Gasteiger partial charge in [-0.3, -0.25) is 5.41 Å². The van der Waals surface area contributed by atoms with Gasteiger partial charge in [-0.2, -0.15) is 10.1 Å². The summed E-state index contributed by atoms with van der Waals surface area (Å²) >= 11 is 0. The van der Waals surface area contributed by atoms with E-state index >= 15 is 0 Å². The Kier molecular flexibility index (Phi) is 1.31. The molecule has 1 aromatic rings. The van der Waals surface area contributed by atoms with Gasteiger partial charge >= 0.3 is 6.01 Å². The Bertz CT molecular complexity index is 192. The lowest BCUT2D eigenvalue weighted by molar-refractivity contribution is 0.494. The van der Waals surface area contributed by atoms with Gasteiger partial charge in [0, 0.05) is 0 Å². The number of H-pyrrole nitrogens is 1. The van der Waals surface area contributed by atoms with E-state index in [0.29, 0.717) is 0 Å². The van der Waals surface area contributed by atoms with Gasteiger partial charge in [0.15, 0.2) is 0 Å². The molecule has 0 aromatic carbocycles. The number of aromatic nitrogens is 3. The second-order valence-corrected chi connectivity index (χ2v) is 1.26. The Balaban J connectivity index is 2.58. The molecule has 0 saturated heterocycles. The molecule has 1 rings (SSSR count). The summed E-state index contributed by atoms with van der Waals surface area (Å²) in [5, 5.41) is 12.5. The molecule has 0 unspecified atom stereocenters. The molecule has 0 atom stereocenters. The molecule has 0 spiro atoms. The minimum atomic E-state index is -0.410. The highest BCUT2D eigenvalue weighted by Gasteiger charge is 1.94. The van der Waals surface area contributed by atoms with Crippen LogP contribution >= 0.6 is 0 Å². The maximum Gasteiger partial charge on any atom is 0.319 e. The van der Waals surface area contributed by atoms with E-state index < -0.39 is 6.02 Å². The number of rotatable bonds is 1. The number of hydrogen-bond donors (Lipinski definition) is 3. The predicted molar refractivity (Wildman–Crippen MR) is 28.9 cm³/mol. The Hall–Kier alpha value is -1.59. The van der Waals surface area contributed by atoms with E-state index in [4.69, 9.17) is 11.1 Å². The average Bonchev–Trinajstić information content (AvgIpc) is 2.15. The quantitative estimate of drug-likeness (QED) is 0.335. The van der Waals surface area contributed by atoms with Crippen molar-refractivity contribution in [3.8, 4) is 6.01 Å². The van der Waals surface area contributed by atoms with Gasteiger partial charge in [-0.1, -0.05) is 0 Å². The fourth-order valence-electron chi connectivity index (χ4n) is 0.348. The van der Waals surface area contributed by atoms with Crippen molar-refractivity contribution in [3.05, 3.63) is 6.33 Å². The first-order valence-electron chi connectivity index (χ1n) is 2.16. The minimum absolute atomic E-state index is 0.127. The first-order chi connectivity index (χ1) is 4.29. The van der Waals surface area contributed by atoms with Gasteiger partial charge in [-0.25, -0.2) is 5.10 Å². The summed E-state index contributed by atoms with van der Waals surface area (Å²) in [6.45, 7) is 0. The first-order valence-corrected chi connectivity index (χ1v) is 2.16. The van der Waals surface area contributed by atoms with Crippen LogP contribution < -0.4 is 10.5 Å². The smallest absolute Gasteiger partial charge is 0.319 e. The third kappa shape index (κ3) is 1.41. The monoisotopic (exact) mass is 127 g/mol. The van der Waals surface area contributed by atoms with Gasteiger partial charge < -0.3 is 10.5 Å². The lowest BCUT2D eigenvalue weighted by atomic mass is 11.1. The van der Waals surface area contributed by atoms with Gasteiger partial charge in [0.05, 0.1) is 0 Å². The Morgan fingerprint density at radius 1 is 1.89 bits per heavy atom. The van der Waals surface area contributed by atoms with E-state index in [2.05, 4.69) is 19.9 Å². The van der Waals surface area contributed by atoms with Crippen LogP contribution in [0.1, 0.15) is 0 Å². The molecular formula is C3H5N5O. The number of nitrogens with zero attached hydrogens (tertiary/aromatic N) is 2. The van der Waals surface area contributed by atoms with Gasteiger partial charge in [-0.15, -0.1) is 0 Å². The molecule has 1 heterocycles. The summed E-state index contributed by atoms with van der Waals surface area (Å²) in [5.74, 6) is 0. The van der Waals surface area contributed by atoms with Gasteiger partial charge in [0.25, 0.3) is 6.02 Å². The van der Waals surface area contributed by atoms with Crippen LogP contribution in [0.3, 0.4) is 0 Å². The van der Waals surface area contributed by atoms with E-state index in [1.165, 1.54) is 6.33 Å². The van der Waals surface area contributed by atoms with Crippen molar-refractivity contribution in [1.82, 2.24) is 15.2 Å². The standard InChI is InChI=1S/C3H5N5O/c4-2(5)9-3-6-1-7-8-3/h1H,(H3,4,5)(H,6,7,8). The van der Waals surface area contributed by atoms with E-state index in [-0.39, 0.29) is 6.01 Å². The number of ether oxygens (including phenoxy) is 1. The number of amidine groups is 1. The maximum absolute atomic E-state index is 6.64. The molecule has 6 heteroatoms. The molecule has 0 saturated carbocycles. The number of nitrogens with two attached hydrogens (primary N) is 1. The highest BCUT2D eigenvalue weighted by Crippen LogP contribution is 1.93. The van der Waals surface area contributed by atoms with Crippen molar-refractivity contribution in [1.29, 1.82) is 5.41 Å². The summed E-state index contributed by atoms with van der Waals surface area (Å²) in [6, 6.07) is -0.283. The van der Waals surface area contributed by atoms with E-state index in [1.807, 2.05) is 0 Å². The summed E-state index contributed by atoms with van der Waals surface area (Å²) in [4.78, 5) is 3.55. The Morgan fingerprint density at radius 3 is 3.11 bits per heavy atom. The molecule has 6 nitrogen and oxygen atoms in total. The molecule has 0 aliphatic rings. The van der Waals surface area contributed by atoms with Crippen molar-refractivity contribution < 1.29 is 4.74 Å². The van der Waals surface area contributed by atoms with Crippen molar-refractivity contribution >= 4 is 6.02 Å². The fraction of sp³-hybridized carbons (Fsp3) is 0. The molecule has 0 bridgehead atoms. The fourth-order valence-corrected chi connectivity index (χ4v) is 0.348. The maximum atomic E-state index is 6.64. The average molecular weight is 127 g/mol. The van der Waals surface area contributed by atoms with Crippen LogP contribution in [0.5, 0.6) is 6.01 Å². The number of aromatic amines is 1. The van der Waals surface area contributed by atoms with Gasteiger partial charge in [0.1, 0.15) is 6.33 Å². The molecule has 0 aliphatic heterocycles. The van der Waals surface area contributed by atoms with Crippen molar-refractivity contribution in [2.24, 2.45) is 5.73 Å². The largest absolute Gasteiger partial charge is 0.391 e. The second kappa shape index (κ2) is 2.12. The summed E-state index contributed by atoms with van der Waals surface area (Å²) in [6.07, 6.45) is 1.26. The normalized spacial score (nSPS) is 8.89. The first kappa shape index (κ1) is 5.54. The van der Waals surface area contributed by atoms with E-state index in [0.717, 1.165) is 0 Å². The van der Waals surface area contributed by atoms with Crippen LogP contribution in [0.15, 0.2) is 6.33 Å². The molecule has 0 amide bonds. The van der Waals surface area contributed by atoms with Gasteiger partial charge in [-0.05, 0) is 0 Å². The molecular weight excluding hydrogens is 122 g/mol. The Morgan fingerprint density at radius 2 is 2.67 bits per heavy atom. The SMILES string of the molecule is N=C(N)Oc1ncn[nH]1. The van der Waals surface area contributed by atoms with Crippen LogP contribution in [0.2, 0.25) is 0 Å². The van der Waals surface area contributed by atoms with E-state index in [1.54, 1.807) is 0 Å². The van der Waals surface area contributed by atoms with E-state index in [9.17, 15) is 0 Å². The number of nitrogens with one attached hydrogen (secondary N) is 2. The topological polar surface area (TPSA) is 101 Å². The molecule has 4 N–H and O–H groups in total. The van der Waals surface area contributed by atoms with Crippen molar-refractivity contribution in [2.75, 3.05) is 0 Å². The zero-order valence-electron chi connectivity index (χ0n) is 4.46. The third-order valence-electron chi connectivity index (χ3n) is 0.600. The minimum Gasteiger partial charge on any atom is -0.391 e. The third-order valence-corrected chi connectivity index (χ3v) is 0.600. The Labute approximate surface area is 50.6 Å². The molecule has 0 radical (unpaired) electrons. The molecule has 9 heavy (non-hydrogen) atoms. The lowest BCUT2D eigenvalue weighted by Crippen LogP contribution is -2.18. The zero-order chi connectivity index (χ0) is 6.69. The lowest BCUT2D eigenvalue weighted by Gasteiger charge is -1.92. The molecule has 48 valence electrons.